The number of carbonyl (C=O) groups excluding carboxylic acids is 1. The van der Waals surface area contributed by atoms with E-state index >= 15 is 0 Å². The van der Waals surface area contributed by atoms with E-state index in [0.717, 1.165) is 16.5 Å². The fourth-order valence-corrected chi connectivity index (χ4v) is 4.19. The molecule has 25 heavy (non-hydrogen) atoms. The smallest absolute Gasteiger partial charge is 0.463 e. The Balaban J connectivity index is 1.48. The summed E-state index contributed by atoms with van der Waals surface area (Å²) < 4.78 is 34.3. The molecular formula is C17H22NO6P. The van der Waals surface area contributed by atoms with E-state index in [1.54, 1.807) is 6.92 Å². The normalized spacial score (nSPS) is 23.2. The van der Waals surface area contributed by atoms with Crippen LogP contribution in [0.2, 0.25) is 0 Å². The predicted molar refractivity (Wildman–Crippen MR) is 92.3 cm³/mol. The van der Waals surface area contributed by atoms with Crippen molar-refractivity contribution in [3.63, 3.8) is 0 Å². The van der Waals surface area contributed by atoms with Crippen molar-refractivity contribution in [2.24, 2.45) is 7.05 Å². The number of aromatic nitrogens is 1. The van der Waals surface area contributed by atoms with E-state index in [2.05, 4.69) is 0 Å². The molecule has 0 bridgehead atoms. The van der Waals surface area contributed by atoms with Gasteiger partial charge >= 0.3 is 13.8 Å². The van der Waals surface area contributed by atoms with Gasteiger partial charge in [-0.1, -0.05) is 18.2 Å². The van der Waals surface area contributed by atoms with E-state index < -0.39 is 13.9 Å². The minimum atomic E-state index is -3.47. The molecule has 8 heteroatoms. The largest absolute Gasteiger partial charge is 0.475 e. The summed E-state index contributed by atoms with van der Waals surface area (Å²) in [4.78, 5) is 12.0. The van der Waals surface area contributed by atoms with Gasteiger partial charge in [0.25, 0.3) is 0 Å². The third-order valence-electron chi connectivity index (χ3n) is 3.99. The van der Waals surface area contributed by atoms with Gasteiger partial charge in [0.05, 0.1) is 13.2 Å². The van der Waals surface area contributed by atoms with Gasteiger partial charge < -0.3 is 9.30 Å². The van der Waals surface area contributed by atoms with Gasteiger partial charge in [0.2, 0.25) is 0 Å². The van der Waals surface area contributed by atoms with Gasteiger partial charge in [0.1, 0.15) is 12.7 Å². The number of esters is 1. The van der Waals surface area contributed by atoms with Crippen LogP contribution in [0.3, 0.4) is 0 Å². The Morgan fingerprint density at radius 2 is 2.20 bits per heavy atom. The fourth-order valence-electron chi connectivity index (χ4n) is 2.84. The van der Waals surface area contributed by atoms with E-state index in [-0.39, 0.29) is 32.2 Å². The van der Waals surface area contributed by atoms with Crippen LogP contribution >= 0.6 is 7.82 Å². The summed E-state index contributed by atoms with van der Waals surface area (Å²) in [6.07, 6.45) is 2.34. The minimum absolute atomic E-state index is 0.00539. The van der Waals surface area contributed by atoms with Gasteiger partial charge in [-0.3, -0.25) is 18.4 Å². The first kappa shape index (κ1) is 18.1. The molecule has 2 heterocycles. The molecule has 1 fully saturated rings. The first-order valence-electron chi connectivity index (χ1n) is 8.27. The van der Waals surface area contributed by atoms with Gasteiger partial charge in [0, 0.05) is 30.6 Å². The number of nitrogens with zero attached hydrogens (tertiary/aromatic N) is 1. The third kappa shape index (κ3) is 4.30. The summed E-state index contributed by atoms with van der Waals surface area (Å²) in [7, 11) is -1.48. The highest BCUT2D eigenvalue weighted by atomic mass is 31.2. The van der Waals surface area contributed by atoms with Crippen molar-refractivity contribution in [2.75, 3.05) is 19.8 Å². The van der Waals surface area contributed by atoms with Crippen LogP contribution in [0.5, 0.6) is 0 Å². The van der Waals surface area contributed by atoms with E-state index in [0.29, 0.717) is 6.42 Å². The Morgan fingerprint density at radius 1 is 1.40 bits per heavy atom. The fraction of sp³-hybridized carbons (Fsp3) is 0.471. The molecule has 1 aliphatic rings. The molecule has 0 aliphatic carbocycles. The number of aryl methyl sites for hydroxylation is 2. The van der Waals surface area contributed by atoms with Crippen LogP contribution in [0, 0.1) is 0 Å². The zero-order chi connectivity index (χ0) is 17.9. The molecule has 2 aromatic rings. The molecule has 0 spiro atoms. The molecular weight excluding hydrogens is 345 g/mol. The molecule has 0 N–H and O–H groups in total. The Morgan fingerprint density at radius 3 is 3.00 bits per heavy atom. The molecule has 1 aromatic heterocycles. The number of ether oxygens (including phenoxy) is 1. The SMILES string of the molecule is CCOP1(=O)OCC(COC(=O)CCc2cn(C)c3ccccc23)O1. The van der Waals surface area contributed by atoms with Gasteiger partial charge in [-0.05, 0) is 25.0 Å². The average Bonchev–Trinajstić information content (AvgIpc) is 3.12. The Kier molecular flexibility index (Phi) is 5.59. The quantitative estimate of drug-likeness (QED) is 0.552. The highest BCUT2D eigenvalue weighted by Gasteiger charge is 2.38. The number of hydrogen-bond acceptors (Lipinski definition) is 6. The van der Waals surface area contributed by atoms with E-state index in [1.165, 1.54) is 0 Å². The van der Waals surface area contributed by atoms with Crippen LogP contribution in [0.25, 0.3) is 10.9 Å². The second kappa shape index (κ2) is 7.70. The van der Waals surface area contributed by atoms with Crippen molar-refractivity contribution in [3.8, 4) is 0 Å². The maximum absolute atomic E-state index is 12.0. The molecule has 0 saturated carbocycles. The number of phosphoric acid groups is 1. The summed E-state index contributed by atoms with van der Waals surface area (Å²) in [5.74, 6) is -0.324. The maximum Gasteiger partial charge on any atom is 0.475 e. The maximum atomic E-state index is 12.0. The summed E-state index contributed by atoms with van der Waals surface area (Å²) >= 11 is 0. The number of phosphoric ester groups is 1. The monoisotopic (exact) mass is 367 g/mol. The molecule has 136 valence electrons. The zero-order valence-corrected chi connectivity index (χ0v) is 15.2. The number of carbonyl (C=O) groups is 1. The summed E-state index contributed by atoms with van der Waals surface area (Å²) in [5.41, 5.74) is 2.24. The van der Waals surface area contributed by atoms with Crippen LogP contribution in [-0.2, 0) is 41.1 Å². The van der Waals surface area contributed by atoms with E-state index in [4.69, 9.17) is 18.3 Å². The highest BCUT2D eigenvalue weighted by Crippen LogP contribution is 2.54. The van der Waals surface area contributed by atoms with Crippen molar-refractivity contribution < 1.29 is 27.7 Å². The molecule has 2 unspecified atom stereocenters. The number of para-hydroxylation sites is 1. The lowest BCUT2D eigenvalue weighted by atomic mass is 10.1. The third-order valence-corrected chi connectivity index (χ3v) is 5.59. The van der Waals surface area contributed by atoms with Crippen molar-refractivity contribution in [3.05, 3.63) is 36.0 Å². The minimum Gasteiger partial charge on any atom is -0.463 e. The molecule has 3 rings (SSSR count). The number of rotatable bonds is 7. The van der Waals surface area contributed by atoms with E-state index in [1.807, 2.05) is 42.1 Å². The second-order valence-corrected chi connectivity index (χ2v) is 7.48. The Labute approximate surface area is 146 Å². The van der Waals surface area contributed by atoms with Gasteiger partial charge in [-0.15, -0.1) is 0 Å². The lowest BCUT2D eigenvalue weighted by molar-refractivity contribution is -0.145. The first-order valence-corrected chi connectivity index (χ1v) is 9.73. The van der Waals surface area contributed by atoms with Crippen LogP contribution in [0.1, 0.15) is 18.9 Å². The predicted octanol–water partition coefficient (Wildman–Crippen LogP) is 3.21. The number of benzene rings is 1. The lowest BCUT2D eigenvalue weighted by Crippen LogP contribution is -2.20. The van der Waals surface area contributed by atoms with Crippen molar-refractivity contribution >= 4 is 24.7 Å². The average molecular weight is 367 g/mol. The van der Waals surface area contributed by atoms with Crippen LogP contribution in [-0.4, -0.2) is 36.5 Å². The molecule has 2 atom stereocenters. The summed E-state index contributed by atoms with van der Waals surface area (Å²) in [5, 5.41) is 1.14. The summed E-state index contributed by atoms with van der Waals surface area (Å²) in [6, 6.07) is 8.07. The standard InChI is InChI=1S/C17H22NO6P/c1-3-22-25(20)23-12-14(24-25)11-21-17(19)9-8-13-10-18(2)16-7-5-4-6-15(13)16/h4-7,10,14H,3,8-9,11-12H2,1-2H3. The van der Waals surface area contributed by atoms with Gasteiger partial charge in [-0.2, -0.15) is 0 Å². The van der Waals surface area contributed by atoms with Crippen molar-refractivity contribution in [1.29, 1.82) is 0 Å². The van der Waals surface area contributed by atoms with E-state index in [9.17, 15) is 9.36 Å². The van der Waals surface area contributed by atoms with Crippen LogP contribution < -0.4 is 0 Å². The molecule has 1 aliphatic heterocycles. The van der Waals surface area contributed by atoms with Crippen LogP contribution in [0.4, 0.5) is 0 Å². The molecule has 1 aromatic carbocycles. The van der Waals surface area contributed by atoms with Gasteiger partial charge in [-0.25, -0.2) is 4.57 Å². The number of hydrogen-bond donors (Lipinski definition) is 0. The van der Waals surface area contributed by atoms with Crippen molar-refractivity contribution in [2.45, 2.75) is 25.9 Å². The molecule has 1 saturated heterocycles. The molecule has 7 nitrogen and oxygen atoms in total. The van der Waals surface area contributed by atoms with Crippen molar-refractivity contribution in [1.82, 2.24) is 4.57 Å². The number of fused-ring (bicyclic) bond motifs is 1. The lowest BCUT2D eigenvalue weighted by Gasteiger charge is -2.10. The molecule has 0 amide bonds. The Bertz CT molecular complexity index is 802. The summed E-state index contributed by atoms with van der Waals surface area (Å²) in [6.45, 7) is 2.03. The highest BCUT2D eigenvalue weighted by molar-refractivity contribution is 7.48. The Hall–Kier alpha value is -1.66. The molecule has 0 radical (unpaired) electrons. The van der Waals surface area contributed by atoms with Gasteiger partial charge in [0.15, 0.2) is 0 Å². The van der Waals surface area contributed by atoms with Crippen LogP contribution in [0.15, 0.2) is 30.5 Å². The zero-order valence-electron chi connectivity index (χ0n) is 14.3. The topological polar surface area (TPSA) is 76.0 Å². The second-order valence-electron chi connectivity index (χ2n) is 5.85. The first-order chi connectivity index (χ1) is 12.0.